The molecule has 1 aromatic rings. The second kappa shape index (κ2) is 4.82. The van der Waals surface area contributed by atoms with Crippen molar-refractivity contribution in [2.45, 2.75) is 26.7 Å². The molecular formula is C12H18N2O. The maximum atomic E-state index is 11.2. The number of hydrogen-bond acceptors (Lipinski definition) is 2. The summed E-state index contributed by atoms with van der Waals surface area (Å²) in [6.07, 6.45) is 1.87. The fourth-order valence-electron chi connectivity index (χ4n) is 1.92. The average Bonchev–Trinajstić information content (AvgIpc) is 2.26. The van der Waals surface area contributed by atoms with Gasteiger partial charge in [-0.3, -0.25) is 4.79 Å². The summed E-state index contributed by atoms with van der Waals surface area (Å²) in [7, 11) is 1.82. The van der Waals surface area contributed by atoms with E-state index in [2.05, 4.69) is 19.2 Å². The number of anilines is 1. The van der Waals surface area contributed by atoms with Gasteiger partial charge >= 0.3 is 0 Å². The highest BCUT2D eigenvalue weighted by atomic mass is 16.1. The standard InChI is InChI=1S/C12H18N2O/c1-4-8-6-7-10(12(13)15)11(14-3)9(8)5-2/h6-7,14H,4-5H2,1-3H3,(H2,13,15). The van der Waals surface area contributed by atoms with Crippen LogP contribution in [0.5, 0.6) is 0 Å². The van der Waals surface area contributed by atoms with E-state index >= 15 is 0 Å². The first-order chi connectivity index (χ1) is 7.15. The van der Waals surface area contributed by atoms with E-state index in [0.717, 1.165) is 18.5 Å². The van der Waals surface area contributed by atoms with Crippen molar-refractivity contribution in [3.63, 3.8) is 0 Å². The minimum absolute atomic E-state index is 0.378. The van der Waals surface area contributed by atoms with E-state index in [-0.39, 0.29) is 5.91 Å². The Morgan fingerprint density at radius 3 is 2.40 bits per heavy atom. The quantitative estimate of drug-likeness (QED) is 0.791. The van der Waals surface area contributed by atoms with E-state index < -0.39 is 0 Å². The normalized spacial score (nSPS) is 10.1. The maximum Gasteiger partial charge on any atom is 0.250 e. The molecule has 3 nitrogen and oxygen atoms in total. The largest absolute Gasteiger partial charge is 0.387 e. The molecule has 0 heterocycles. The molecule has 3 heteroatoms. The second-order valence-electron chi connectivity index (χ2n) is 3.45. The van der Waals surface area contributed by atoms with Crippen LogP contribution in [0.25, 0.3) is 0 Å². The number of nitrogens with two attached hydrogens (primary N) is 1. The molecule has 0 fully saturated rings. The molecule has 0 aliphatic rings. The predicted octanol–water partition coefficient (Wildman–Crippen LogP) is 1.95. The summed E-state index contributed by atoms with van der Waals surface area (Å²) in [5.41, 5.74) is 9.24. The van der Waals surface area contributed by atoms with Crippen molar-refractivity contribution in [2.24, 2.45) is 5.73 Å². The number of rotatable bonds is 4. The number of hydrogen-bond donors (Lipinski definition) is 2. The predicted molar refractivity (Wildman–Crippen MR) is 63.3 cm³/mol. The van der Waals surface area contributed by atoms with Crippen LogP contribution in [0.4, 0.5) is 5.69 Å². The minimum Gasteiger partial charge on any atom is -0.387 e. The summed E-state index contributed by atoms with van der Waals surface area (Å²) >= 11 is 0. The Labute approximate surface area is 90.7 Å². The first kappa shape index (κ1) is 11.6. The Morgan fingerprint density at radius 1 is 1.33 bits per heavy atom. The molecule has 82 valence electrons. The molecule has 0 atom stereocenters. The molecular weight excluding hydrogens is 188 g/mol. The van der Waals surface area contributed by atoms with Gasteiger partial charge in [-0.1, -0.05) is 19.9 Å². The third-order valence-corrected chi connectivity index (χ3v) is 2.66. The molecule has 0 saturated carbocycles. The molecule has 0 aliphatic carbocycles. The Kier molecular flexibility index (Phi) is 3.72. The van der Waals surface area contributed by atoms with Gasteiger partial charge in [-0.2, -0.15) is 0 Å². The first-order valence-electron chi connectivity index (χ1n) is 5.27. The monoisotopic (exact) mass is 206 g/mol. The van der Waals surface area contributed by atoms with Crippen molar-refractivity contribution in [1.82, 2.24) is 0 Å². The number of benzene rings is 1. The number of aryl methyl sites for hydroxylation is 1. The molecule has 15 heavy (non-hydrogen) atoms. The molecule has 3 N–H and O–H groups in total. The molecule has 0 bridgehead atoms. The zero-order valence-corrected chi connectivity index (χ0v) is 9.55. The Balaban J connectivity index is 3.40. The van der Waals surface area contributed by atoms with Crippen LogP contribution in [-0.4, -0.2) is 13.0 Å². The van der Waals surface area contributed by atoms with Crippen LogP contribution >= 0.6 is 0 Å². The summed E-state index contributed by atoms with van der Waals surface area (Å²) in [6, 6.07) is 3.78. The third kappa shape index (κ3) is 2.12. The van der Waals surface area contributed by atoms with Gasteiger partial charge in [0.15, 0.2) is 0 Å². The maximum absolute atomic E-state index is 11.2. The lowest BCUT2D eigenvalue weighted by Crippen LogP contribution is -2.15. The van der Waals surface area contributed by atoms with E-state index in [9.17, 15) is 4.79 Å². The van der Waals surface area contributed by atoms with E-state index in [4.69, 9.17) is 5.73 Å². The lowest BCUT2D eigenvalue weighted by molar-refractivity contribution is 0.100. The van der Waals surface area contributed by atoms with Gasteiger partial charge < -0.3 is 11.1 Å². The lowest BCUT2D eigenvalue weighted by Gasteiger charge is -2.15. The summed E-state index contributed by atoms with van der Waals surface area (Å²) < 4.78 is 0. The van der Waals surface area contributed by atoms with Gasteiger partial charge in [0.2, 0.25) is 0 Å². The van der Waals surface area contributed by atoms with Crippen molar-refractivity contribution in [2.75, 3.05) is 12.4 Å². The summed E-state index contributed by atoms with van der Waals surface area (Å²) in [5.74, 6) is -0.378. The Bertz CT molecular complexity index is 372. The van der Waals surface area contributed by atoms with Gasteiger partial charge in [-0.05, 0) is 30.0 Å². The molecule has 0 aliphatic heterocycles. The van der Waals surface area contributed by atoms with Crippen LogP contribution in [0.3, 0.4) is 0 Å². The highest BCUT2D eigenvalue weighted by Gasteiger charge is 2.13. The smallest absolute Gasteiger partial charge is 0.250 e. The van der Waals surface area contributed by atoms with Gasteiger partial charge in [-0.15, -0.1) is 0 Å². The molecule has 1 amide bonds. The van der Waals surface area contributed by atoms with Crippen molar-refractivity contribution < 1.29 is 4.79 Å². The third-order valence-electron chi connectivity index (χ3n) is 2.66. The highest BCUT2D eigenvalue weighted by molar-refractivity contribution is 5.99. The van der Waals surface area contributed by atoms with E-state index in [1.807, 2.05) is 13.1 Å². The molecule has 0 aromatic heterocycles. The van der Waals surface area contributed by atoms with Crippen molar-refractivity contribution in [1.29, 1.82) is 0 Å². The van der Waals surface area contributed by atoms with E-state index in [1.165, 1.54) is 11.1 Å². The van der Waals surface area contributed by atoms with Crippen LogP contribution in [0, 0.1) is 0 Å². The van der Waals surface area contributed by atoms with Crippen LogP contribution in [0.1, 0.15) is 35.3 Å². The summed E-state index contributed by atoms with van der Waals surface area (Å²) in [5, 5.41) is 3.07. The van der Waals surface area contributed by atoms with E-state index in [1.54, 1.807) is 6.07 Å². The van der Waals surface area contributed by atoms with Crippen LogP contribution in [0.15, 0.2) is 12.1 Å². The molecule has 0 radical (unpaired) electrons. The van der Waals surface area contributed by atoms with Gasteiger partial charge in [0.05, 0.1) is 11.3 Å². The van der Waals surface area contributed by atoms with Crippen molar-refractivity contribution in [3.05, 3.63) is 28.8 Å². The first-order valence-corrected chi connectivity index (χ1v) is 5.27. The SMILES string of the molecule is CCc1ccc(C(N)=O)c(NC)c1CC. The number of amides is 1. The average molecular weight is 206 g/mol. The summed E-state index contributed by atoms with van der Waals surface area (Å²) in [6.45, 7) is 4.19. The number of carbonyl (C=O) groups excluding carboxylic acids is 1. The van der Waals surface area contributed by atoms with Gasteiger partial charge in [0, 0.05) is 7.05 Å². The number of nitrogens with one attached hydrogen (secondary N) is 1. The Hall–Kier alpha value is -1.51. The highest BCUT2D eigenvalue weighted by Crippen LogP contribution is 2.25. The molecule has 1 aromatic carbocycles. The number of primary amides is 1. The molecule has 0 spiro atoms. The topological polar surface area (TPSA) is 55.1 Å². The molecule has 0 unspecified atom stereocenters. The zero-order chi connectivity index (χ0) is 11.4. The van der Waals surface area contributed by atoms with Crippen molar-refractivity contribution >= 4 is 11.6 Å². The fourth-order valence-corrected chi connectivity index (χ4v) is 1.92. The van der Waals surface area contributed by atoms with Gasteiger partial charge in [0.1, 0.15) is 0 Å². The zero-order valence-electron chi connectivity index (χ0n) is 9.55. The number of carbonyl (C=O) groups is 1. The minimum atomic E-state index is -0.378. The molecule has 1 rings (SSSR count). The Morgan fingerprint density at radius 2 is 2.00 bits per heavy atom. The van der Waals surface area contributed by atoms with Gasteiger partial charge in [0.25, 0.3) is 5.91 Å². The fraction of sp³-hybridized carbons (Fsp3) is 0.417. The molecule has 0 saturated heterocycles. The van der Waals surface area contributed by atoms with Crippen LogP contribution in [0.2, 0.25) is 0 Å². The van der Waals surface area contributed by atoms with Crippen LogP contribution < -0.4 is 11.1 Å². The second-order valence-corrected chi connectivity index (χ2v) is 3.45. The van der Waals surface area contributed by atoms with Gasteiger partial charge in [-0.25, -0.2) is 0 Å². The summed E-state index contributed by atoms with van der Waals surface area (Å²) in [4.78, 5) is 11.2. The van der Waals surface area contributed by atoms with Crippen LogP contribution in [-0.2, 0) is 12.8 Å². The van der Waals surface area contributed by atoms with Crippen molar-refractivity contribution in [3.8, 4) is 0 Å². The lowest BCUT2D eigenvalue weighted by atomic mass is 9.97. The van der Waals surface area contributed by atoms with E-state index in [0.29, 0.717) is 5.56 Å².